The van der Waals surface area contributed by atoms with Crippen LogP contribution in [0.3, 0.4) is 0 Å². The molecule has 4 aliphatic heterocycles. The first-order chi connectivity index (χ1) is 21.3. The summed E-state index contributed by atoms with van der Waals surface area (Å²) in [6.45, 7) is -3.47. The van der Waals surface area contributed by atoms with Crippen LogP contribution in [0.25, 0.3) is 0 Å². The van der Waals surface area contributed by atoms with Gasteiger partial charge >= 0.3 is 5.97 Å². The molecule has 0 aliphatic carbocycles. The summed E-state index contributed by atoms with van der Waals surface area (Å²) in [5.74, 6) is -1.25. The fraction of sp³-hybridized carbons (Fsp3) is 0.958. The van der Waals surface area contributed by atoms with Gasteiger partial charge in [-0.25, -0.2) is 4.79 Å². The number of rotatable bonds is 10. The van der Waals surface area contributed by atoms with E-state index in [1.54, 1.807) is 0 Å². The molecule has 0 aromatic carbocycles. The summed E-state index contributed by atoms with van der Waals surface area (Å²) in [4.78, 5) is 11.6. The molecule has 4 heterocycles. The van der Waals surface area contributed by atoms with E-state index >= 15 is 0 Å². The molecular formula is C24H40O21. The highest BCUT2D eigenvalue weighted by molar-refractivity contribution is 5.76. The molecule has 0 unspecified atom stereocenters. The zero-order valence-corrected chi connectivity index (χ0v) is 23.4. The van der Waals surface area contributed by atoms with E-state index in [-0.39, 0.29) is 0 Å². The van der Waals surface area contributed by atoms with Gasteiger partial charge in [0.1, 0.15) is 85.5 Å². The SMILES string of the molecule is O=C1O[C@H](CO)[C@@H](O[C@@H]2O[C@H](CO)[C@@H](O[C@@H]3O[C@H](CO)[C@@H](O[C@@H]4O[C@H](CO)[C@@H](O)[C@H](O)[C@H]4O)[C@H](O)[C@H]3O)[C@H](O)[C@H]2O)[C@H](O)[C@H]1O. The number of carbonyl (C=O) groups is 1. The molecule has 0 bridgehead atoms. The van der Waals surface area contributed by atoms with Crippen LogP contribution in [0.5, 0.6) is 0 Å². The molecule has 21 heteroatoms. The highest BCUT2D eigenvalue weighted by Crippen LogP contribution is 2.33. The second-order valence-electron chi connectivity index (χ2n) is 11.0. The molecule has 4 aliphatic rings. The molecule has 262 valence electrons. The molecule has 45 heavy (non-hydrogen) atoms. The van der Waals surface area contributed by atoms with Gasteiger partial charge in [0.2, 0.25) is 0 Å². The second kappa shape index (κ2) is 15.3. The van der Waals surface area contributed by atoms with E-state index in [1.165, 1.54) is 0 Å². The van der Waals surface area contributed by atoms with Gasteiger partial charge in [-0.05, 0) is 0 Å². The summed E-state index contributed by atoms with van der Waals surface area (Å²) in [5.41, 5.74) is 0. The first-order valence-electron chi connectivity index (χ1n) is 14.0. The van der Waals surface area contributed by atoms with Gasteiger partial charge in [-0.1, -0.05) is 0 Å². The van der Waals surface area contributed by atoms with Crippen LogP contribution in [0.4, 0.5) is 0 Å². The Balaban J connectivity index is 1.43. The molecule has 0 aromatic rings. The van der Waals surface area contributed by atoms with Crippen LogP contribution in [0, 0.1) is 0 Å². The average molecular weight is 665 g/mol. The van der Waals surface area contributed by atoms with Gasteiger partial charge in [-0.2, -0.15) is 0 Å². The lowest BCUT2D eigenvalue weighted by atomic mass is 9.95. The van der Waals surface area contributed by atoms with Gasteiger partial charge in [0.25, 0.3) is 0 Å². The zero-order valence-electron chi connectivity index (χ0n) is 23.4. The van der Waals surface area contributed by atoms with Crippen LogP contribution in [0.15, 0.2) is 0 Å². The van der Waals surface area contributed by atoms with E-state index in [0.29, 0.717) is 0 Å². The Bertz CT molecular complexity index is 952. The topological polar surface area (TPSA) is 345 Å². The van der Waals surface area contributed by atoms with Gasteiger partial charge in [-0.3, -0.25) is 0 Å². The Morgan fingerprint density at radius 1 is 0.444 bits per heavy atom. The molecule has 0 amide bonds. The smallest absolute Gasteiger partial charge is 0.338 e. The number of carbonyl (C=O) groups excluding carboxylic acids is 1. The maximum Gasteiger partial charge on any atom is 0.338 e. The molecule has 0 aromatic heterocycles. The van der Waals surface area contributed by atoms with Crippen molar-refractivity contribution in [1.82, 2.24) is 0 Å². The number of hydrogen-bond donors (Lipinski definition) is 13. The summed E-state index contributed by atoms with van der Waals surface area (Å²) in [7, 11) is 0. The number of hydrogen-bond acceptors (Lipinski definition) is 21. The monoisotopic (exact) mass is 664 g/mol. The molecule has 0 saturated carbocycles. The van der Waals surface area contributed by atoms with E-state index in [1.807, 2.05) is 0 Å². The molecule has 19 atom stereocenters. The number of esters is 1. The lowest BCUT2D eigenvalue weighted by Crippen LogP contribution is -2.67. The van der Waals surface area contributed by atoms with Crippen LogP contribution in [0.1, 0.15) is 0 Å². The zero-order chi connectivity index (χ0) is 33.3. The lowest BCUT2D eigenvalue weighted by molar-refractivity contribution is -0.383. The third kappa shape index (κ3) is 7.26. The Labute approximate surface area is 253 Å². The molecule has 0 spiro atoms. The first-order valence-corrected chi connectivity index (χ1v) is 14.0. The molecule has 4 rings (SSSR count). The summed E-state index contributed by atoms with van der Waals surface area (Å²) in [6.07, 6.45) is -34.0. The Morgan fingerprint density at radius 3 is 1.20 bits per heavy atom. The Morgan fingerprint density at radius 2 is 0.800 bits per heavy atom. The van der Waals surface area contributed by atoms with Crippen molar-refractivity contribution in [3.05, 3.63) is 0 Å². The quantitative estimate of drug-likeness (QED) is 0.0964. The fourth-order valence-corrected chi connectivity index (χ4v) is 5.44. The molecule has 13 N–H and O–H groups in total. The lowest BCUT2D eigenvalue weighted by Gasteiger charge is -2.48. The predicted molar refractivity (Wildman–Crippen MR) is 133 cm³/mol. The predicted octanol–water partition coefficient (Wildman–Crippen LogP) is -9.54. The highest BCUT2D eigenvalue weighted by atomic mass is 16.8. The highest BCUT2D eigenvalue weighted by Gasteiger charge is 2.55. The van der Waals surface area contributed by atoms with Crippen LogP contribution >= 0.6 is 0 Å². The minimum absolute atomic E-state index is 0.787. The molecule has 4 saturated heterocycles. The van der Waals surface area contributed by atoms with Gasteiger partial charge in [0.15, 0.2) is 31.1 Å². The van der Waals surface area contributed by atoms with E-state index < -0.39 is 149 Å². The van der Waals surface area contributed by atoms with Crippen molar-refractivity contribution in [2.45, 2.75) is 117 Å². The number of cyclic esters (lactones) is 1. The van der Waals surface area contributed by atoms with Crippen molar-refractivity contribution in [3.8, 4) is 0 Å². The van der Waals surface area contributed by atoms with Crippen molar-refractivity contribution < 1.29 is 104 Å². The average Bonchev–Trinajstić information content (AvgIpc) is 3.03. The van der Waals surface area contributed by atoms with Crippen LogP contribution in [-0.4, -0.2) is 215 Å². The summed E-state index contributed by atoms with van der Waals surface area (Å²) < 4.78 is 37.4. The van der Waals surface area contributed by atoms with Crippen molar-refractivity contribution >= 4 is 5.97 Å². The number of aliphatic hydroxyl groups excluding tert-OH is 13. The first kappa shape index (κ1) is 36.5. The van der Waals surface area contributed by atoms with Crippen LogP contribution in [0.2, 0.25) is 0 Å². The summed E-state index contributed by atoms with van der Waals surface area (Å²) in [6, 6.07) is 0. The maximum atomic E-state index is 11.6. The fourth-order valence-electron chi connectivity index (χ4n) is 5.44. The summed E-state index contributed by atoms with van der Waals surface area (Å²) >= 11 is 0. The third-order valence-corrected chi connectivity index (χ3v) is 8.08. The number of ether oxygens (including phenoxy) is 7. The second-order valence-corrected chi connectivity index (χ2v) is 11.0. The van der Waals surface area contributed by atoms with E-state index in [4.69, 9.17) is 33.2 Å². The largest absolute Gasteiger partial charge is 0.455 e. The molecule has 0 radical (unpaired) electrons. The normalized spacial score (nSPS) is 51.1. The van der Waals surface area contributed by atoms with Gasteiger partial charge in [0, 0.05) is 0 Å². The number of aliphatic hydroxyl groups is 13. The Hall–Kier alpha value is -1.29. The van der Waals surface area contributed by atoms with Gasteiger partial charge in [0.05, 0.1) is 26.4 Å². The molecular weight excluding hydrogens is 624 g/mol. The van der Waals surface area contributed by atoms with Crippen molar-refractivity contribution in [1.29, 1.82) is 0 Å². The summed E-state index contributed by atoms with van der Waals surface area (Å²) in [5, 5.41) is 132. The van der Waals surface area contributed by atoms with Crippen molar-refractivity contribution in [2.24, 2.45) is 0 Å². The van der Waals surface area contributed by atoms with E-state index in [0.717, 1.165) is 0 Å². The molecule has 4 fully saturated rings. The maximum absolute atomic E-state index is 11.6. The van der Waals surface area contributed by atoms with Crippen LogP contribution in [-0.2, 0) is 38.0 Å². The van der Waals surface area contributed by atoms with Crippen molar-refractivity contribution in [2.75, 3.05) is 26.4 Å². The standard InChI is InChI=1S/C24H40O21/c25-1-5-9(29)10(30)15(35)22(40-5)44-19-7(3-27)42-24(17(37)12(19)32)45-20-8(4-28)41-23(16(36)13(20)33)43-18-6(2-26)39-21(38)14(34)11(18)31/h5-20,22-37H,1-4H2/t5-,6-,7-,8-,9-,10+,11-,12-,13-,14-,15-,16-,17-,18-,19-,20-,22+,23+,24+/m1/s1. The van der Waals surface area contributed by atoms with E-state index in [2.05, 4.69) is 0 Å². The molecule has 21 nitrogen and oxygen atoms in total. The van der Waals surface area contributed by atoms with Gasteiger partial charge < -0.3 is 99.5 Å². The van der Waals surface area contributed by atoms with E-state index in [9.17, 15) is 71.2 Å². The minimum atomic E-state index is -2.07. The Kier molecular flexibility index (Phi) is 12.4. The van der Waals surface area contributed by atoms with Crippen LogP contribution < -0.4 is 0 Å². The minimum Gasteiger partial charge on any atom is -0.455 e. The van der Waals surface area contributed by atoms with Crippen molar-refractivity contribution in [3.63, 3.8) is 0 Å². The van der Waals surface area contributed by atoms with Gasteiger partial charge in [-0.15, -0.1) is 0 Å². The third-order valence-electron chi connectivity index (χ3n) is 8.08.